The van der Waals surface area contributed by atoms with Gasteiger partial charge in [0.05, 0.1) is 53.6 Å². The number of anilines is 1. The standard InChI is InChI=1S/C10H9N3.C9H7N3O2/c1-2-4-9-8(3-1)10-5-11-6-13(10)7-12-9;13-12(14)9-4-2-1-3-7(9)8-5-10-6-11-8/h1-6,12H,7H2;1-6H,(H,10,11). The van der Waals surface area contributed by atoms with Crippen LogP contribution in [0.4, 0.5) is 11.4 Å². The highest BCUT2D eigenvalue weighted by Crippen LogP contribution is 2.30. The van der Waals surface area contributed by atoms with Gasteiger partial charge in [0, 0.05) is 17.3 Å². The van der Waals surface area contributed by atoms with E-state index < -0.39 is 4.92 Å². The van der Waals surface area contributed by atoms with Crippen molar-refractivity contribution in [3.8, 4) is 22.5 Å². The van der Waals surface area contributed by atoms with Gasteiger partial charge < -0.3 is 14.9 Å². The van der Waals surface area contributed by atoms with Crippen LogP contribution in [-0.2, 0) is 6.67 Å². The number of nitro groups is 1. The van der Waals surface area contributed by atoms with Crippen LogP contribution in [0.1, 0.15) is 0 Å². The smallest absolute Gasteiger partial charge is 0.278 e. The van der Waals surface area contributed by atoms with E-state index in [0.717, 1.165) is 6.67 Å². The zero-order chi connectivity index (χ0) is 18.6. The van der Waals surface area contributed by atoms with Crippen LogP contribution in [0, 0.1) is 10.1 Å². The van der Waals surface area contributed by atoms with Gasteiger partial charge in [0.25, 0.3) is 5.69 Å². The van der Waals surface area contributed by atoms with Gasteiger partial charge in [0.2, 0.25) is 0 Å². The number of para-hydroxylation sites is 2. The van der Waals surface area contributed by atoms with Crippen molar-refractivity contribution in [2.45, 2.75) is 6.67 Å². The topological polar surface area (TPSA) is 102 Å². The predicted molar refractivity (Wildman–Crippen MR) is 102 cm³/mol. The molecular weight excluding hydrogens is 344 g/mol. The molecule has 0 atom stereocenters. The molecule has 0 unspecified atom stereocenters. The number of aromatic amines is 1. The summed E-state index contributed by atoms with van der Waals surface area (Å²) < 4.78 is 2.10. The third kappa shape index (κ3) is 3.28. The zero-order valence-electron chi connectivity index (χ0n) is 14.2. The third-order valence-electron chi connectivity index (χ3n) is 4.24. The summed E-state index contributed by atoms with van der Waals surface area (Å²) in [5.41, 5.74) is 4.89. The lowest BCUT2D eigenvalue weighted by Crippen LogP contribution is -2.13. The summed E-state index contributed by atoms with van der Waals surface area (Å²) in [6, 6.07) is 14.8. The van der Waals surface area contributed by atoms with Crippen LogP contribution < -0.4 is 5.32 Å². The molecule has 134 valence electrons. The molecule has 3 heterocycles. The van der Waals surface area contributed by atoms with Crippen molar-refractivity contribution in [1.82, 2.24) is 19.5 Å². The van der Waals surface area contributed by atoms with Gasteiger partial charge in [0.15, 0.2) is 0 Å². The minimum Gasteiger partial charge on any atom is -0.367 e. The van der Waals surface area contributed by atoms with E-state index in [-0.39, 0.29) is 5.69 Å². The van der Waals surface area contributed by atoms with Crippen molar-refractivity contribution in [1.29, 1.82) is 0 Å². The first-order valence-electron chi connectivity index (χ1n) is 8.29. The van der Waals surface area contributed by atoms with Gasteiger partial charge in [-0.1, -0.05) is 30.3 Å². The van der Waals surface area contributed by atoms with Crippen LogP contribution in [0.25, 0.3) is 22.5 Å². The van der Waals surface area contributed by atoms with Crippen LogP contribution in [0.5, 0.6) is 0 Å². The van der Waals surface area contributed by atoms with Crippen molar-refractivity contribution >= 4 is 11.4 Å². The van der Waals surface area contributed by atoms with E-state index in [4.69, 9.17) is 0 Å². The van der Waals surface area contributed by atoms with Gasteiger partial charge in [0.1, 0.15) is 0 Å². The molecule has 0 aliphatic carbocycles. The molecule has 27 heavy (non-hydrogen) atoms. The monoisotopic (exact) mass is 360 g/mol. The Kier molecular flexibility index (Phi) is 4.36. The van der Waals surface area contributed by atoms with Crippen LogP contribution in [0.15, 0.2) is 73.6 Å². The second-order valence-electron chi connectivity index (χ2n) is 5.87. The number of fused-ring (bicyclic) bond motifs is 3. The van der Waals surface area contributed by atoms with Gasteiger partial charge in [-0.05, 0) is 12.1 Å². The minimum atomic E-state index is -0.407. The molecule has 0 saturated heterocycles. The summed E-state index contributed by atoms with van der Waals surface area (Å²) in [6.07, 6.45) is 6.80. The van der Waals surface area contributed by atoms with Gasteiger partial charge in [-0.15, -0.1) is 0 Å². The lowest BCUT2D eigenvalue weighted by atomic mass is 10.1. The maximum Gasteiger partial charge on any atom is 0.278 e. The summed E-state index contributed by atoms with van der Waals surface area (Å²) in [4.78, 5) is 21.1. The number of H-pyrrole nitrogens is 1. The fourth-order valence-corrected chi connectivity index (χ4v) is 2.97. The van der Waals surface area contributed by atoms with Gasteiger partial charge in [-0.25, -0.2) is 9.97 Å². The number of imidazole rings is 2. The number of nitrogens with one attached hydrogen (secondary N) is 2. The summed E-state index contributed by atoms with van der Waals surface area (Å²) in [5, 5.41) is 14.0. The summed E-state index contributed by atoms with van der Waals surface area (Å²) in [6.45, 7) is 0.812. The molecule has 0 saturated carbocycles. The van der Waals surface area contributed by atoms with Crippen molar-refractivity contribution in [2.24, 2.45) is 0 Å². The molecule has 2 N–H and O–H groups in total. The van der Waals surface area contributed by atoms with E-state index in [2.05, 4.69) is 37.0 Å². The third-order valence-corrected chi connectivity index (χ3v) is 4.24. The summed E-state index contributed by atoms with van der Waals surface area (Å²) in [5.74, 6) is 0. The fraction of sp³-hybridized carbons (Fsp3) is 0.0526. The van der Waals surface area contributed by atoms with Crippen molar-refractivity contribution < 1.29 is 4.92 Å². The fourth-order valence-electron chi connectivity index (χ4n) is 2.97. The van der Waals surface area contributed by atoms with Crippen LogP contribution in [-0.4, -0.2) is 24.4 Å². The highest BCUT2D eigenvalue weighted by Gasteiger charge is 2.14. The second-order valence-corrected chi connectivity index (χ2v) is 5.87. The highest BCUT2D eigenvalue weighted by molar-refractivity contribution is 5.77. The van der Waals surface area contributed by atoms with Crippen LogP contribution >= 0.6 is 0 Å². The zero-order valence-corrected chi connectivity index (χ0v) is 14.2. The molecule has 0 bridgehead atoms. The number of hydrogen-bond acceptors (Lipinski definition) is 5. The van der Waals surface area contributed by atoms with E-state index in [1.807, 2.05) is 24.7 Å². The molecule has 1 aliphatic rings. The molecule has 0 radical (unpaired) electrons. The first-order valence-corrected chi connectivity index (χ1v) is 8.29. The highest BCUT2D eigenvalue weighted by atomic mass is 16.6. The van der Waals surface area contributed by atoms with E-state index in [1.54, 1.807) is 24.4 Å². The molecular formula is C19H16N6O2. The summed E-state index contributed by atoms with van der Waals surface area (Å²) >= 11 is 0. The van der Waals surface area contributed by atoms with Crippen molar-refractivity contribution in [2.75, 3.05) is 5.32 Å². The Morgan fingerprint density at radius 3 is 2.56 bits per heavy atom. The van der Waals surface area contributed by atoms with Gasteiger partial charge >= 0.3 is 0 Å². The van der Waals surface area contributed by atoms with Crippen molar-refractivity contribution in [3.63, 3.8) is 0 Å². The summed E-state index contributed by atoms with van der Waals surface area (Å²) in [7, 11) is 0. The Balaban J connectivity index is 0.000000134. The van der Waals surface area contributed by atoms with Crippen LogP contribution in [0.3, 0.4) is 0 Å². The Morgan fingerprint density at radius 2 is 1.78 bits per heavy atom. The van der Waals surface area contributed by atoms with Crippen LogP contribution in [0.2, 0.25) is 0 Å². The Morgan fingerprint density at radius 1 is 1.00 bits per heavy atom. The lowest BCUT2D eigenvalue weighted by molar-refractivity contribution is -0.384. The van der Waals surface area contributed by atoms with E-state index >= 15 is 0 Å². The molecule has 2 aromatic heterocycles. The largest absolute Gasteiger partial charge is 0.367 e. The first-order chi connectivity index (χ1) is 13.2. The molecule has 2 aromatic carbocycles. The van der Waals surface area contributed by atoms with E-state index in [1.165, 1.54) is 29.3 Å². The molecule has 5 rings (SSSR count). The molecule has 4 aromatic rings. The first kappa shape index (κ1) is 16.5. The number of rotatable bonds is 2. The molecule has 0 amide bonds. The average molecular weight is 360 g/mol. The van der Waals surface area contributed by atoms with Crippen molar-refractivity contribution in [3.05, 3.63) is 83.7 Å². The quantitative estimate of drug-likeness (QED) is 0.417. The minimum absolute atomic E-state index is 0.0803. The molecule has 0 spiro atoms. The maximum atomic E-state index is 10.7. The number of nitro benzene ring substituents is 1. The SMILES string of the molecule is O=[N+]([O-])c1ccccc1-c1cnc[nH]1.c1ccc2c(c1)NCn1cncc1-2. The number of nitrogens with zero attached hydrogens (tertiary/aromatic N) is 4. The normalized spacial score (nSPS) is 11.4. The number of aromatic nitrogens is 4. The molecule has 8 nitrogen and oxygen atoms in total. The maximum absolute atomic E-state index is 10.7. The Labute approximate surface area is 154 Å². The molecule has 8 heteroatoms. The Hall–Kier alpha value is -3.94. The second kappa shape index (κ2) is 7.12. The average Bonchev–Trinajstić information content (AvgIpc) is 3.40. The van der Waals surface area contributed by atoms with Gasteiger partial charge in [-0.3, -0.25) is 10.1 Å². The molecule has 0 fully saturated rings. The van der Waals surface area contributed by atoms with Gasteiger partial charge in [-0.2, -0.15) is 0 Å². The van der Waals surface area contributed by atoms with E-state index in [9.17, 15) is 10.1 Å². The number of benzene rings is 2. The number of hydrogen-bond donors (Lipinski definition) is 2. The molecule has 1 aliphatic heterocycles. The van der Waals surface area contributed by atoms with E-state index in [0.29, 0.717) is 11.3 Å². The predicted octanol–water partition coefficient (Wildman–Crippen LogP) is 3.92. The lowest BCUT2D eigenvalue weighted by Gasteiger charge is -2.19. The Bertz CT molecular complexity index is 1070.